The highest BCUT2D eigenvalue weighted by molar-refractivity contribution is 5.25. The van der Waals surface area contributed by atoms with Gasteiger partial charge in [-0.15, -0.1) is 0 Å². The standard InChI is InChI=1S/C8H12/c1-6(2)8-5-4-7(8)3/h4,8H,1,5H2,2-3H3. The molecule has 44 valence electrons. The highest BCUT2D eigenvalue weighted by Crippen LogP contribution is 2.31. The molecular formula is C8H12. The quantitative estimate of drug-likeness (QED) is 0.453. The van der Waals surface area contributed by atoms with Gasteiger partial charge in [0.15, 0.2) is 0 Å². The number of allylic oxidation sites excluding steroid dienone is 3. The van der Waals surface area contributed by atoms with Crippen molar-refractivity contribution in [3.05, 3.63) is 23.8 Å². The van der Waals surface area contributed by atoms with Crippen molar-refractivity contribution in [1.29, 1.82) is 0 Å². The third kappa shape index (κ3) is 0.706. The first-order valence-electron chi connectivity index (χ1n) is 3.04. The normalized spacial score (nSPS) is 26.2. The molecule has 0 aromatic carbocycles. The van der Waals surface area contributed by atoms with E-state index in [2.05, 4.69) is 26.5 Å². The topological polar surface area (TPSA) is 0 Å². The van der Waals surface area contributed by atoms with E-state index in [-0.39, 0.29) is 0 Å². The van der Waals surface area contributed by atoms with Crippen LogP contribution in [0.25, 0.3) is 0 Å². The third-order valence-corrected chi connectivity index (χ3v) is 1.82. The maximum atomic E-state index is 3.89. The first-order chi connectivity index (χ1) is 3.72. The Hall–Kier alpha value is -0.520. The first kappa shape index (κ1) is 5.61. The number of hydrogen-bond donors (Lipinski definition) is 0. The maximum absolute atomic E-state index is 3.89. The highest BCUT2D eigenvalue weighted by Gasteiger charge is 2.16. The van der Waals surface area contributed by atoms with Gasteiger partial charge in [0.2, 0.25) is 0 Å². The van der Waals surface area contributed by atoms with Crippen molar-refractivity contribution in [1.82, 2.24) is 0 Å². The number of hydrogen-bond acceptors (Lipinski definition) is 0. The molecule has 1 atom stereocenters. The van der Waals surface area contributed by atoms with Gasteiger partial charge in [0.05, 0.1) is 0 Å². The van der Waals surface area contributed by atoms with E-state index in [9.17, 15) is 0 Å². The fourth-order valence-electron chi connectivity index (χ4n) is 1.06. The van der Waals surface area contributed by atoms with Crippen LogP contribution in [-0.4, -0.2) is 0 Å². The Kier molecular flexibility index (Phi) is 1.24. The molecule has 0 heteroatoms. The molecule has 0 heterocycles. The zero-order valence-corrected chi connectivity index (χ0v) is 5.57. The van der Waals surface area contributed by atoms with Crippen molar-refractivity contribution in [2.45, 2.75) is 20.3 Å². The van der Waals surface area contributed by atoms with Crippen LogP contribution in [0.1, 0.15) is 20.3 Å². The fourth-order valence-corrected chi connectivity index (χ4v) is 1.06. The van der Waals surface area contributed by atoms with Crippen molar-refractivity contribution in [3.63, 3.8) is 0 Å². The lowest BCUT2D eigenvalue weighted by molar-refractivity contribution is 0.655. The third-order valence-electron chi connectivity index (χ3n) is 1.82. The molecule has 8 heavy (non-hydrogen) atoms. The molecular weight excluding hydrogens is 96.1 g/mol. The molecule has 0 radical (unpaired) electrons. The lowest BCUT2D eigenvalue weighted by atomic mass is 9.81. The minimum Gasteiger partial charge on any atom is -0.0995 e. The molecule has 1 aliphatic carbocycles. The average Bonchev–Trinajstić information content (AvgIpc) is 1.61. The van der Waals surface area contributed by atoms with Crippen LogP contribution in [0.4, 0.5) is 0 Å². The second-order valence-electron chi connectivity index (χ2n) is 2.58. The smallest absolute Gasteiger partial charge is 0.00333 e. The summed E-state index contributed by atoms with van der Waals surface area (Å²) in [6.07, 6.45) is 3.49. The van der Waals surface area contributed by atoms with E-state index in [1.165, 1.54) is 17.6 Å². The van der Waals surface area contributed by atoms with Gasteiger partial charge in [-0.05, 0) is 20.3 Å². The molecule has 0 fully saturated rings. The summed E-state index contributed by atoms with van der Waals surface area (Å²) >= 11 is 0. The van der Waals surface area contributed by atoms with E-state index in [1.807, 2.05) is 0 Å². The van der Waals surface area contributed by atoms with Crippen molar-refractivity contribution in [2.24, 2.45) is 5.92 Å². The van der Waals surface area contributed by atoms with Gasteiger partial charge in [-0.1, -0.05) is 23.8 Å². The van der Waals surface area contributed by atoms with Crippen LogP contribution < -0.4 is 0 Å². The predicted octanol–water partition coefficient (Wildman–Crippen LogP) is 2.53. The van der Waals surface area contributed by atoms with E-state index in [1.54, 1.807) is 0 Å². The monoisotopic (exact) mass is 108 g/mol. The van der Waals surface area contributed by atoms with Crippen LogP contribution >= 0.6 is 0 Å². The summed E-state index contributed by atoms with van der Waals surface area (Å²) < 4.78 is 0. The molecule has 0 amide bonds. The van der Waals surface area contributed by atoms with Crippen LogP contribution in [0.5, 0.6) is 0 Å². The summed E-state index contributed by atoms with van der Waals surface area (Å²) in [6, 6.07) is 0. The maximum Gasteiger partial charge on any atom is 0.00333 e. The Morgan fingerprint density at radius 1 is 1.88 bits per heavy atom. The Balaban J connectivity index is 2.55. The van der Waals surface area contributed by atoms with Gasteiger partial charge in [0.25, 0.3) is 0 Å². The molecule has 0 spiro atoms. The Bertz CT molecular complexity index is 140. The largest absolute Gasteiger partial charge is 0.0995 e. The molecule has 0 aromatic heterocycles. The SMILES string of the molecule is C=C(C)C1CC=C1C. The Morgan fingerprint density at radius 2 is 2.50 bits per heavy atom. The summed E-state index contributed by atoms with van der Waals surface area (Å²) in [5.41, 5.74) is 2.81. The minimum atomic E-state index is 0.718. The van der Waals surface area contributed by atoms with Crippen molar-refractivity contribution >= 4 is 0 Å². The lowest BCUT2D eigenvalue weighted by Gasteiger charge is -2.24. The zero-order valence-electron chi connectivity index (χ0n) is 5.57. The average molecular weight is 108 g/mol. The van der Waals surface area contributed by atoms with Crippen molar-refractivity contribution in [3.8, 4) is 0 Å². The van der Waals surface area contributed by atoms with Gasteiger partial charge in [0, 0.05) is 5.92 Å². The molecule has 1 unspecified atom stereocenters. The van der Waals surface area contributed by atoms with Crippen LogP contribution in [0.2, 0.25) is 0 Å². The van der Waals surface area contributed by atoms with E-state index >= 15 is 0 Å². The Labute approximate surface area is 50.9 Å². The second kappa shape index (κ2) is 1.77. The molecule has 0 saturated carbocycles. The summed E-state index contributed by atoms with van der Waals surface area (Å²) in [7, 11) is 0. The zero-order chi connectivity index (χ0) is 6.15. The van der Waals surface area contributed by atoms with E-state index in [0.29, 0.717) is 0 Å². The summed E-state index contributed by atoms with van der Waals surface area (Å²) in [4.78, 5) is 0. The van der Waals surface area contributed by atoms with Gasteiger partial charge in [-0.25, -0.2) is 0 Å². The molecule has 0 saturated heterocycles. The molecule has 0 bridgehead atoms. The molecule has 0 N–H and O–H groups in total. The summed E-state index contributed by atoms with van der Waals surface area (Å²) in [6.45, 7) is 8.15. The predicted molar refractivity (Wildman–Crippen MR) is 36.7 cm³/mol. The molecule has 0 aromatic rings. The first-order valence-corrected chi connectivity index (χ1v) is 3.04. The van der Waals surface area contributed by atoms with Crippen molar-refractivity contribution in [2.75, 3.05) is 0 Å². The van der Waals surface area contributed by atoms with E-state index < -0.39 is 0 Å². The summed E-state index contributed by atoms with van der Waals surface area (Å²) in [5, 5.41) is 0. The van der Waals surface area contributed by atoms with E-state index in [4.69, 9.17) is 0 Å². The Morgan fingerprint density at radius 3 is 2.50 bits per heavy atom. The van der Waals surface area contributed by atoms with Crippen LogP contribution in [0, 0.1) is 5.92 Å². The minimum absolute atomic E-state index is 0.718. The van der Waals surface area contributed by atoms with Crippen LogP contribution in [0.3, 0.4) is 0 Å². The van der Waals surface area contributed by atoms with Crippen molar-refractivity contribution < 1.29 is 0 Å². The van der Waals surface area contributed by atoms with Gasteiger partial charge in [-0.2, -0.15) is 0 Å². The van der Waals surface area contributed by atoms with Crippen LogP contribution in [-0.2, 0) is 0 Å². The second-order valence-corrected chi connectivity index (χ2v) is 2.58. The molecule has 0 nitrogen and oxygen atoms in total. The van der Waals surface area contributed by atoms with Gasteiger partial charge < -0.3 is 0 Å². The fraction of sp³-hybridized carbons (Fsp3) is 0.500. The van der Waals surface area contributed by atoms with E-state index in [0.717, 1.165) is 5.92 Å². The lowest BCUT2D eigenvalue weighted by Crippen LogP contribution is -2.09. The molecule has 0 aliphatic heterocycles. The van der Waals surface area contributed by atoms with Gasteiger partial charge >= 0.3 is 0 Å². The van der Waals surface area contributed by atoms with Gasteiger partial charge in [0.1, 0.15) is 0 Å². The van der Waals surface area contributed by atoms with Gasteiger partial charge in [-0.3, -0.25) is 0 Å². The van der Waals surface area contributed by atoms with Crippen LogP contribution in [0.15, 0.2) is 23.8 Å². The molecule has 1 aliphatic rings. The highest BCUT2D eigenvalue weighted by atomic mass is 14.2. The molecule has 1 rings (SSSR count). The number of rotatable bonds is 1. The summed E-state index contributed by atoms with van der Waals surface area (Å²) in [5.74, 6) is 0.718.